The Balaban J connectivity index is 1.80. The summed E-state index contributed by atoms with van der Waals surface area (Å²) in [6.45, 7) is 6.35. The SMILES string of the molecule is CCCNCc1nc(N(C)CCOCC2CC2)ccc1Cl. The second-order valence-corrected chi connectivity index (χ2v) is 6.12. The highest BCUT2D eigenvalue weighted by Crippen LogP contribution is 2.28. The zero-order valence-electron chi connectivity index (χ0n) is 13.1. The highest BCUT2D eigenvalue weighted by Gasteiger charge is 2.21. The fourth-order valence-corrected chi connectivity index (χ4v) is 2.22. The summed E-state index contributed by atoms with van der Waals surface area (Å²) >= 11 is 6.20. The van der Waals surface area contributed by atoms with Gasteiger partial charge in [0.15, 0.2) is 0 Å². The predicted octanol–water partition coefficient (Wildman–Crippen LogP) is 3.10. The van der Waals surface area contributed by atoms with Crippen LogP contribution in [0.25, 0.3) is 0 Å². The molecule has 0 unspecified atom stereocenters. The Morgan fingerprint density at radius 1 is 1.43 bits per heavy atom. The van der Waals surface area contributed by atoms with Crippen LogP contribution in [0.15, 0.2) is 12.1 Å². The third-order valence-electron chi connectivity index (χ3n) is 3.64. The van der Waals surface area contributed by atoms with Crippen LogP contribution in [-0.4, -0.2) is 38.3 Å². The van der Waals surface area contributed by atoms with Crippen LogP contribution in [0, 0.1) is 5.92 Å². The number of aromatic nitrogens is 1. The number of hydrogen-bond donors (Lipinski definition) is 1. The first-order valence-electron chi connectivity index (χ1n) is 7.85. The van der Waals surface area contributed by atoms with Crippen LogP contribution < -0.4 is 10.2 Å². The number of anilines is 1. The van der Waals surface area contributed by atoms with Gasteiger partial charge in [-0.25, -0.2) is 4.98 Å². The summed E-state index contributed by atoms with van der Waals surface area (Å²) in [6.07, 6.45) is 3.78. The number of hydrogen-bond acceptors (Lipinski definition) is 4. The van der Waals surface area contributed by atoms with Crippen molar-refractivity contribution in [2.75, 3.05) is 38.3 Å². The van der Waals surface area contributed by atoms with Gasteiger partial charge in [0.2, 0.25) is 0 Å². The van der Waals surface area contributed by atoms with Crippen LogP contribution in [0.4, 0.5) is 5.82 Å². The Bertz CT molecular complexity index is 438. The lowest BCUT2D eigenvalue weighted by atomic mass is 10.3. The fraction of sp³-hybridized carbons (Fsp3) is 0.688. The summed E-state index contributed by atoms with van der Waals surface area (Å²) in [4.78, 5) is 6.76. The van der Waals surface area contributed by atoms with Crippen molar-refractivity contribution in [1.82, 2.24) is 10.3 Å². The molecule has 0 spiro atoms. The molecule has 1 aromatic rings. The maximum atomic E-state index is 6.20. The quantitative estimate of drug-likeness (QED) is 0.674. The van der Waals surface area contributed by atoms with Gasteiger partial charge in [-0.1, -0.05) is 18.5 Å². The van der Waals surface area contributed by atoms with Crippen LogP contribution >= 0.6 is 11.6 Å². The van der Waals surface area contributed by atoms with Gasteiger partial charge in [-0.2, -0.15) is 0 Å². The Morgan fingerprint density at radius 2 is 2.24 bits per heavy atom. The second-order valence-electron chi connectivity index (χ2n) is 5.71. The van der Waals surface area contributed by atoms with Crippen LogP contribution in [0.3, 0.4) is 0 Å². The van der Waals surface area contributed by atoms with Gasteiger partial charge < -0.3 is 15.0 Å². The molecule has 0 bridgehead atoms. The Kier molecular flexibility index (Phi) is 6.74. The molecule has 0 radical (unpaired) electrons. The standard InChI is InChI=1S/C16H26ClN3O/c1-3-8-18-11-15-14(17)6-7-16(19-15)20(2)9-10-21-12-13-4-5-13/h6-7,13,18H,3-5,8-12H2,1-2H3. The van der Waals surface area contributed by atoms with E-state index in [4.69, 9.17) is 16.3 Å². The van der Waals surface area contributed by atoms with Crippen molar-refractivity contribution in [3.8, 4) is 0 Å². The number of nitrogens with one attached hydrogen (secondary N) is 1. The van der Waals surface area contributed by atoms with E-state index in [1.54, 1.807) is 0 Å². The summed E-state index contributed by atoms with van der Waals surface area (Å²) in [7, 11) is 2.04. The number of rotatable bonds is 10. The Hall–Kier alpha value is -0.840. The van der Waals surface area contributed by atoms with Crippen LogP contribution in [0.1, 0.15) is 31.9 Å². The molecular formula is C16H26ClN3O. The fourth-order valence-electron chi connectivity index (χ4n) is 2.04. The maximum Gasteiger partial charge on any atom is 0.128 e. The first-order valence-corrected chi connectivity index (χ1v) is 8.23. The van der Waals surface area contributed by atoms with E-state index >= 15 is 0 Å². The molecular weight excluding hydrogens is 286 g/mol. The third kappa shape index (κ3) is 5.81. The molecule has 2 rings (SSSR count). The molecule has 5 heteroatoms. The molecule has 4 nitrogen and oxygen atoms in total. The molecule has 1 aliphatic carbocycles. The highest BCUT2D eigenvalue weighted by molar-refractivity contribution is 6.31. The van der Waals surface area contributed by atoms with Gasteiger partial charge in [0.1, 0.15) is 5.82 Å². The third-order valence-corrected chi connectivity index (χ3v) is 3.98. The van der Waals surface area contributed by atoms with Crippen molar-refractivity contribution in [2.45, 2.75) is 32.7 Å². The molecule has 1 fully saturated rings. The smallest absolute Gasteiger partial charge is 0.128 e. The summed E-state index contributed by atoms with van der Waals surface area (Å²) in [5, 5.41) is 4.06. The molecule has 0 atom stereocenters. The van der Waals surface area contributed by atoms with Gasteiger partial charge >= 0.3 is 0 Å². The molecule has 118 valence electrons. The first-order chi connectivity index (χ1) is 10.2. The van der Waals surface area contributed by atoms with Crippen molar-refractivity contribution in [3.05, 3.63) is 22.8 Å². The van der Waals surface area contributed by atoms with E-state index < -0.39 is 0 Å². The van der Waals surface area contributed by atoms with Crippen molar-refractivity contribution in [1.29, 1.82) is 0 Å². The number of halogens is 1. The minimum Gasteiger partial charge on any atom is -0.379 e. The average molecular weight is 312 g/mol. The molecule has 1 aromatic heterocycles. The molecule has 1 N–H and O–H groups in total. The molecule has 1 heterocycles. The van der Waals surface area contributed by atoms with E-state index in [0.29, 0.717) is 6.54 Å². The van der Waals surface area contributed by atoms with Gasteiger partial charge in [-0.05, 0) is 43.9 Å². The van der Waals surface area contributed by atoms with E-state index in [1.165, 1.54) is 12.8 Å². The van der Waals surface area contributed by atoms with Crippen LogP contribution in [0.5, 0.6) is 0 Å². The average Bonchev–Trinajstić information content (AvgIpc) is 3.30. The van der Waals surface area contributed by atoms with Gasteiger partial charge in [-0.3, -0.25) is 0 Å². The van der Waals surface area contributed by atoms with E-state index in [2.05, 4.69) is 22.1 Å². The maximum absolute atomic E-state index is 6.20. The Morgan fingerprint density at radius 3 is 2.95 bits per heavy atom. The van der Waals surface area contributed by atoms with Crippen molar-refractivity contribution >= 4 is 17.4 Å². The van der Waals surface area contributed by atoms with Crippen LogP contribution in [0.2, 0.25) is 5.02 Å². The number of likely N-dealkylation sites (N-methyl/N-ethyl adjacent to an activating group) is 1. The lowest BCUT2D eigenvalue weighted by Gasteiger charge is -2.19. The van der Waals surface area contributed by atoms with Gasteiger partial charge in [0.05, 0.1) is 17.3 Å². The summed E-state index contributed by atoms with van der Waals surface area (Å²) in [6, 6.07) is 3.89. The zero-order valence-corrected chi connectivity index (χ0v) is 13.8. The molecule has 0 amide bonds. The van der Waals surface area contributed by atoms with Crippen LogP contribution in [-0.2, 0) is 11.3 Å². The minimum atomic E-state index is 0.715. The molecule has 0 aromatic carbocycles. The number of pyridine rings is 1. The van der Waals surface area contributed by atoms with Crippen molar-refractivity contribution in [3.63, 3.8) is 0 Å². The lowest BCUT2D eigenvalue weighted by molar-refractivity contribution is 0.131. The molecule has 0 saturated heterocycles. The molecule has 1 saturated carbocycles. The minimum absolute atomic E-state index is 0.715. The topological polar surface area (TPSA) is 37.4 Å². The van der Waals surface area contributed by atoms with E-state index in [9.17, 15) is 0 Å². The van der Waals surface area contributed by atoms with Crippen molar-refractivity contribution < 1.29 is 4.74 Å². The number of ether oxygens (including phenoxy) is 1. The summed E-state index contributed by atoms with van der Waals surface area (Å²) in [5.74, 6) is 1.77. The summed E-state index contributed by atoms with van der Waals surface area (Å²) in [5.41, 5.74) is 0.911. The molecule has 21 heavy (non-hydrogen) atoms. The summed E-state index contributed by atoms with van der Waals surface area (Å²) < 4.78 is 5.68. The highest BCUT2D eigenvalue weighted by atomic mass is 35.5. The molecule has 1 aliphatic rings. The second kappa shape index (κ2) is 8.57. The van der Waals surface area contributed by atoms with E-state index in [1.807, 2.05) is 19.2 Å². The molecule has 0 aliphatic heterocycles. The van der Waals surface area contributed by atoms with Gasteiger partial charge in [-0.15, -0.1) is 0 Å². The normalized spacial score (nSPS) is 14.4. The van der Waals surface area contributed by atoms with Gasteiger partial charge in [0.25, 0.3) is 0 Å². The Labute approximate surface area is 132 Å². The monoisotopic (exact) mass is 311 g/mol. The lowest BCUT2D eigenvalue weighted by Crippen LogP contribution is -2.24. The first kappa shape index (κ1) is 16.5. The predicted molar refractivity (Wildman–Crippen MR) is 88.1 cm³/mol. The largest absolute Gasteiger partial charge is 0.379 e. The number of nitrogens with zero attached hydrogens (tertiary/aromatic N) is 2. The van der Waals surface area contributed by atoms with Gasteiger partial charge in [0, 0.05) is 26.7 Å². The van der Waals surface area contributed by atoms with E-state index in [-0.39, 0.29) is 0 Å². The van der Waals surface area contributed by atoms with Crippen molar-refractivity contribution in [2.24, 2.45) is 5.92 Å². The zero-order chi connectivity index (χ0) is 15.1. The van der Waals surface area contributed by atoms with E-state index in [0.717, 1.165) is 55.2 Å².